The van der Waals surface area contributed by atoms with Crippen molar-refractivity contribution in [3.05, 3.63) is 0 Å². The minimum absolute atomic E-state index is 0. The lowest BCUT2D eigenvalue weighted by atomic mass is 10.1. The minimum Gasteiger partial charge on any atom is -0.390 e. The molecule has 0 heterocycles. The largest absolute Gasteiger partial charge is 0.390 e. The van der Waals surface area contributed by atoms with E-state index in [1.165, 1.54) is 14.2 Å². The highest BCUT2D eigenvalue weighted by molar-refractivity contribution is 5.55. The Morgan fingerprint density at radius 1 is 0.947 bits per heavy atom. The second-order valence-electron chi connectivity index (χ2n) is 3.71. The first-order valence-electron chi connectivity index (χ1n) is 5.33. The summed E-state index contributed by atoms with van der Waals surface area (Å²) in [6.45, 7) is 0.571. The molecule has 0 saturated carbocycles. The van der Waals surface area contributed by atoms with Crippen LogP contribution in [-0.2, 0) is 23.8 Å². The number of carbonyl (C=O) groups excluding carboxylic acids is 2. The summed E-state index contributed by atoms with van der Waals surface area (Å²) >= 11 is 0. The van der Waals surface area contributed by atoms with Gasteiger partial charge in [0.2, 0.25) is 0 Å². The molecule has 0 saturated heterocycles. The van der Waals surface area contributed by atoms with Crippen molar-refractivity contribution < 1.29 is 28.9 Å². The highest BCUT2D eigenvalue weighted by Gasteiger charge is 2.19. The second-order valence-corrected chi connectivity index (χ2v) is 3.71. The zero-order valence-corrected chi connectivity index (χ0v) is 10.2. The molecule has 0 aromatic carbocycles. The SMILES string of the molecule is C.C.COCC(C=O)COCC(C=O)C(O)COC. The Morgan fingerprint density at radius 3 is 1.95 bits per heavy atom. The van der Waals surface area contributed by atoms with E-state index >= 15 is 0 Å². The van der Waals surface area contributed by atoms with Gasteiger partial charge in [-0.25, -0.2) is 0 Å². The normalized spacial score (nSPS) is 14.5. The lowest BCUT2D eigenvalue weighted by Gasteiger charge is -2.18. The molecule has 6 heteroatoms. The number of aliphatic hydroxyl groups is 1. The number of aliphatic hydroxyl groups excluding tert-OH is 1. The average Bonchev–Trinajstić information content (AvgIpc) is 2.33. The van der Waals surface area contributed by atoms with E-state index in [0.717, 1.165) is 6.29 Å². The molecule has 0 spiro atoms. The summed E-state index contributed by atoms with van der Waals surface area (Å²) < 4.78 is 14.7. The van der Waals surface area contributed by atoms with Crippen molar-refractivity contribution >= 4 is 12.6 Å². The predicted octanol–water partition coefficient (Wildman–Crippen LogP) is 0.559. The molecule has 0 aromatic rings. The van der Waals surface area contributed by atoms with Gasteiger partial charge in [-0.2, -0.15) is 0 Å². The molecule has 116 valence electrons. The molecule has 0 radical (unpaired) electrons. The summed E-state index contributed by atoms with van der Waals surface area (Å²) in [5.74, 6) is -1.00. The number of methoxy groups -OCH3 is 2. The standard InChI is InChI=1S/C11H20O6.2CH4/c1-15-5-9(3-12)6-17-7-10(4-13)11(14)8-16-2;;/h3-4,9-11,14H,5-8H2,1-2H3;2*1H4. The van der Waals surface area contributed by atoms with Crippen LogP contribution in [0, 0.1) is 11.8 Å². The fourth-order valence-electron chi connectivity index (χ4n) is 1.23. The van der Waals surface area contributed by atoms with Gasteiger partial charge in [0.15, 0.2) is 0 Å². The van der Waals surface area contributed by atoms with Crippen LogP contribution in [0.2, 0.25) is 0 Å². The van der Waals surface area contributed by atoms with Crippen molar-refractivity contribution in [2.45, 2.75) is 21.0 Å². The van der Waals surface area contributed by atoms with Gasteiger partial charge in [-0.05, 0) is 0 Å². The van der Waals surface area contributed by atoms with E-state index < -0.39 is 12.0 Å². The van der Waals surface area contributed by atoms with Crippen molar-refractivity contribution in [3.8, 4) is 0 Å². The Kier molecular flexibility index (Phi) is 18.7. The zero-order chi connectivity index (χ0) is 13.1. The molecule has 0 aliphatic rings. The Hall–Kier alpha value is -0.820. The Labute approximate surface area is 116 Å². The van der Waals surface area contributed by atoms with E-state index in [0.29, 0.717) is 6.29 Å². The van der Waals surface area contributed by atoms with E-state index in [9.17, 15) is 14.7 Å². The Balaban J connectivity index is -0.00000128. The van der Waals surface area contributed by atoms with Gasteiger partial charge in [-0.15, -0.1) is 0 Å². The van der Waals surface area contributed by atoms with Gasteiger partial charge >= 0.3 is 0 Å². The third-order valence-electron chi connectivity index (χ3n) is 2.22. The summed E-state index contributed by atoms with van der Waals surface area (Å²) in [6, 6.07) is 0. The zero-order valence-electron chi connectivity index (χ0n) is 10.2. The predicted molar refractivity (Wildman–Crippen MR) is 73.1 cm³/mol. The number of rotatable bonds is 11. The van der Waals surface area contributed by atoms with E-state index in [-0.39, 0.29) is 47.2 Å². The van der Waals surface area contributed by atoms with Gasteiger partial charge in [-0.3, -0.25) is 0 Å². The van der Waals surface area contributed by atoms with Crippen LogP contribution in [0.1, 0.15) is 14.9 Å². The van der Waals surface area contributed by atoms with Crippen LogP contribution in [0.4, 0.5) is 0 Å². The topological polar surface area (TPSA) is 82.1 Å². The van der Waals surface area contributed by atoms with Gasteiger partial charge in [0.25, 0.3) is 0 Å². The number of carbonyl (C=O) groups is 2. The molecule has 0 rings (SSSR count). The molecule has 3 unspecified atom stereocenters. The molecule has 6 nitrogen and oxygen atoms in total. The summed E-state index contributed by atoms with van der Waals surface area (Å²) in [5.41, 5.74) is 0. The molecule has 19 heavy (non-hydrogen) atoms. The number of aldehydes is 2. The monoisotopic (exact) mass is 280 g/mol. The maximum atomic E-state index is 10.7. The van der Waals surface area contributed by atoms with Gasteiger partial charge in [0, 0.05) is 14.2 Å². The Bertz CT molecular complexity index is 209. The van der Waals surface area contributed by atoms with Crippen LogP contribution < -0.4 is 0 Å². The van der Waals surface area contributed by atoms with Crippen molar-refractivity contribution in [2.24, 2.45) is 11.8 Å². The molecule has 0 amide bonds. The lowest BCUT2D eigenvalue weighted by molar-refractivity contribution is -0.120. The molecule has 0 fully saturated rings. The van der Waals surface area contributed by atoms with Crippen LogP contribution in [0.15, 0.2) is 0 Å². The van der Waals surface area contributed by atoms with Gasteiger partial charge in [-0.1, -0.05) is 14.9 Å². The molecule has 3 atom stereocenters. The highest BCUT2D eigenvalue weighted by Crippen LogP contribution is 2.04. The summed E-state index contributed by atoms with van der Waals surface area (Å²) in [7, 11) is 2.93. The van der Waals surface area contributed by atoms with Crippen molar-refractivity contribution in [1.82, 2.24) is 0 Å². The summed E-state index contributed by atoms with van der Waals surface area (Å²) in [6.07, 6.45) is 0.468. The van der Waals surface area contributed by atoms with Crippen LogP contribution in [0.25, 0.3) is 0 Å². The molecule has 0 aliphatic carbocycles. The van der Waals surface area contributed by atoms with Gasteiger partial charge in [0.05, 0.1) is 44.4 Å². The summed E-state index contributed by atoms with van der Waals surface area (Å²) in [5, 5.41) is 9.50. The second kappa shape index (κ2) is 15.2. The molecular weight excluding hydrogens is 252 g/mol. The highest BCUT2D eigenvalue weighted by atomic mass is 16.5. The maximum absolute atomic E-state index is 10.7. The van der Waals surface area contributed by atoms with E-state index in [2.05, 4.69) is 0 Å². The van der Waals surface area contributed by atoms with Crippen LogP contribution in [-0.4, -0.2) is 64.4 Å². The van der Waals surface area contributed by atoms with E-state index in [1.807, 2.05) is 0 Å². The number of hydrogen-bond donors (Lipinski definition) is 1. The molecule has 0 bridgehead atoms. The number of hydrogen-bond acceptors (Lipinski definition) is 6. The quantitative estimate of drug-likeness (QED) is 0.557. The Morgan fingerprint density at radius 2 is 1.53 bits per heavy atom. The smallest absolute Gasteiger partial charge is 0.128 e. The summed E-state index contributed by atoms with van der Waals surface area (Å²) in [4.78, 5) is 21.3. The van der Waals surface area contributed by atoms with Crippen LogP contribution in [0.5, 0.6) is 0 Å². The lowest BCUT2D eigenvalue weighted by Crippen LogP contribution is -2.31. The van der Waals surface area contributed by atoms with Gasteiger partial charge < -0.3 is 28.9 Å². The average molecular weight is 280 g/mol. The van der Waals surface area contributed by atoms with Gasteiger partial charge in [0.1, 0.15) is 12.6 Å². The first-order chi connectivity index (χ1) is 8.19. The van der Waals surface area contributed by atoms with Crippen LogP contribution >= 0.6 is 0 Å². The molecule has 0 aromatic heterocycles. The fourth-order valence-corrected chi connectivity index (χ4v) is 1.23. The molecule has 0 aliphatic heterocycles. The first kappa shape index (κ1) is 23.3. The van der Waals surface area contributed by atoms with Crippen molar-refractivity contribution in [1.29, 1.82) is 0 Å². The number of ether oxygens (including phenoxy) is 3. The fraction of sp³-hybridized carbons (Fsp3) is 0.846. The van der Waals surface area contributed by atoms with E-state index in [4.69, 9.17) is 14.2 Å². The van der Waals surface area contributed by atoms with Crippen molar-refractivity contribution in [3.63, 3.8) is 0 Å². The maximum Gasteiger partial charge on any atom is 0.128 e. The third kappa shape index (κ3) is 10.8. The van der Waals surface area contributed by atoms with Crippen LogP contribution in [0.3, 0.4) is 0 Å². The molecule has 1 N–H and O–H groups in total. The molecular formula is C13H28O6. The third-order valence-corrected chi connectivity index (χ3v) is 2.22. The minimum atomic E-state index is -0.894. The van der Waals surface area contributed by atoms with Crippen molar-refractivity contribution in [2.75, 3.05) is 40.6 Å². The first-order valence-corrected chi connectivity index (χ1v) is 5.33. The van der Waals surface area contributed by atoms with E-state index in [1.54, 1.807) is 0 Å².